The Labute approximate surface area is 99.0 Å². The first kappa shape index (κ1) is 10.2. The number of phenolic OH excluding ortho intramolecular Hbond substituents is 1. The molecule has 0 spiro atoms. The number of nitrogen functional groups attached to an aromatic ring is 1. The van der Waals surface area contributed by atoms with Crippen molar-refractivity contribution in [3.63, 3.8) is 0 Å². The highest BCUT2D eigenvalue weighted by atomic mass is 16.5. The molecular formula is C13H14N2O2. The Morgan fingerprint density at radius 1 is 1.24 bits per heavy atom. The van der Waals surface area contributed by atoms with E-state index in [1.54, 1.807) is 12.1 Å². The molecule has 0 fully saturated rings. The van der Waals surface area contributed by atoms with E-state index in [4.69, 9.17) is 10.3 Å². The highest BCUT2D eigenvalue weighted by Crippen LogP contribution is 2.38. The first-order valence-corrected chi connectivity index (χ1v) is 5.82. The third kappa shape index (κ3) is 1.65. The Balaban J connectivity index is 2.20. The van der Waals surface area contributed by atoms with Crippen LogP contribution in [0.5, 0.6) is 5.75 Å². The molecule has 3 rings (SSSR count). The van der Waals surface area contributed by atoms with Crippen molar-refractivity contribution in [2.24, 2.45) is 0 Å². The normalized spacial score (nSPS) is 14.6. The minimum Gasteiger partial charge on any atom is -0.507 e. The van der Waals surface area contributed by atoms with Crippen molar-refractivity contribution in [2.45, 2.75) is 25.7 Å². The maximum absolute atomic E-state index is 10.0. The van der Waals surface area contributed by atoms with E-state index in [-0.39, 0.29) is 5.75 Å². The van der Waals surface area contributed by atoms with Crippen LogP contribution in [0.15, 0.2) is 22.7 Å². The van der Waals surface area contributed by atoms with E-state index in [2.05, 4.69) is 5.16 Å². The third-order valence-electron chi connectivity index (χ3n) is 3.29. The predicted molar refractivity (Wildman–Crippen MR) is 64.7 cm³/mol. The average molecular weight is 230 g/mol. The van der Waals surface area contributed by atoms with E-state index in [1.165, 1.54) is 17.5 Å². The predicted octanol–water partition coefficient (Wildman–Crippen LogP) is 2.51. The summed E-state index contributed by atoms with van der Waals surface area (Å²) in [5.74, 6) is 1.13. The number of aromatic nitrogens is 1. The Kier molecular flexibility index (Phi) is 2.28. The van der Waals surface area contributed by atoms with E-state index in [0.29, 0.717) is 11.6 Å². The van der Waals surface area contributed by atoms with Gasteiger partial charge in [0.15, 0.2) is 11.6 Å². The fraction of sp³-hybridized carbons (Fsp3) is 0.308. The summed E-state index contributed by atoms with van der Waals surface area (Å²) >= 11 is 0. The number of fused-ring (bicyclic) bond motifs is 1. The lowest BCUT2D eigenvalue weighted by Gasteiger charge is -2.18. The summed E-state index contributed by atoms with van der Waals surface area (Å²) in [6.45, 7) is 0. The maximum atomic E-state index is 10.0. The van der Waals surface area contributed by atoms with Crippen molar-refractivity contribution in [1.82, 2.24) is 5.16 Å². The highest BCUT2D eigenvalue weighted by Gasteiger charge is 2.20. The Hall–Kier alpha value is -1.97. The first-order valence-electron chi connectivity index (χ1n) is 5.82. The van der Waals surface area contributed by atoms with Gasteiger partial charge in [0.1, 0.15) is 5.75 Å². The molecule has 1 heterocycles. The van der Waals surface area contributed by atoms with Crippen LogP contribution in [-0.2, 0) is 12.8 Å². The molecule has 0 bridgehead atoms. The molecule has 1 aromatic carbocycles. The van der Waals surface area contributed by atoms with Gasteiger partial charge in [0, 0.05) is 6.07 Å². The van der Waals surface area contributed by atoms with Crippen LogP contribution in [0.25, 0.3) is 11.3 Å². The lowest BCUT2D eigenvalue weighted by molar-refractivity contribution is 0.428. The first-order chi connectivity index (χ1) is 8.25. The van der Waals surface area contributed by atoms with Gasteiger partial charge in [-0.1, -0.05) is 11.2 Å². The third-order valence-corrected chi connectivity index (χ3v) is 3.29. The van der Waals surface area contributed by atoms with Crippen LogP contribution in [0, 0.1) is 0 Å². The van der Waals surface area contributed by atoms with Gasteiger partial charge in [-0.25, -0.2) is 0 Å². The molecule has 3 N–H and O–H groups in total. The number of hydrogen-bond donors (Lipinski definition) is 2. The summed E-state index contributed by atoms with van der Waals surface area (Å²) in [7, 11) is 0. The van der Waals surface area contributed by atoms with Gasteiger partial charge < -0.3 is 15.4 Å². The SMILES string of the molecule is Nc1cc(-c2c(O)ccc3c2CCCC3)on1. The lowest BCUT2D eigenvalue weighted by atomic mass is 9.87. The number of benzene rings is 1. The van der Waals surface area contributed by atoms with Crippen molar-refractivity contribution < 1.29 is 9.63 Å². The molecule has 0 saturated heterocycles. The Morgan fingerprint density at radius 3 is 2.82 bits per heavy atom. The summed E-state index contributed by atoms with van der Waals surface area (Å²) < 4.78 is 5.16. The van der Waals surface area contributed by atoms with Crippen molar-refractivity contribution in [3.05, 3.63) is 29.3 Å². The largest absolute Gasteiger partial charge is 0.507 e. The number of rotatable bonds is 1. The molecule has 4 nitrogen and oxygen atoms in total. The molecule has 1 aromatic heterocycles. The van der Waals surface area contributed by atoms with Crippen LogP contribution in [0.1, 0.15) is 24.0 Å². The maximum Gasteiger partial charge on any atom is 0.173 e. The minimum atomic E-state index is 0.238. The molecular weight excluding hydrogens is 216 g/mol. The lowest BCUT2D eigenvalue weighted by Crippen LogP contribution is -2.04. The zero-order valence-corrected chi connectivity index (χ0v) is 9.44. The van der Waals surface area contributed by atoms with Gasteiger partial charge in [0.25, 0.3) is 0 Å². The fourth-order valence-corrected chi connectivity index (χ4v) is 2.50. The summed E-state index contributed by atoms with van der Waals surface area (Å²) in [4.78, 5) is 0. The number of aromatic hydroxyl groups is 1. The molecule has 2 aromatic rings. The molecule has 1 aliphatic carbocycles. The molecule has 0 atom stereocenters. The quantitative estimate of drug-likeness (QED) is 0.789. The molecule has 4 heteroatoms. The summed E-state index contributed by atoms with van der Waals surface area (Å²) in [6, 6.07) is 5.37. The molecule has 0 unspecified atom stereocenters. The Morgan fingerprint density at radius 2 is 2.06 bits per heavy atom. The summed E-state index contributed by atoms with van der Waals surface area (Å²) in [5, 5.41) is 13.7. The molecule has 0 aliphatic heterocycles. The van der Waals surface area contributed by atoms with Crippen molar-refractivity contribution in [3.8, 4) is 17.1 Å². The molecule has 0 radical (unpaired) electrons. The second kappa shape index (κ2) is 3.80. The van der Waals surface area contributed by atoms with Gasteiger partial charge in [0.05, 0.1) is 5.56 Å². The van der Waals surface area contributed by atoms with Gasteiger partial charge in [-0.3, -0.25) is 0 Å². The van der Waals surface area contributed by atoms with Crippen LogP contribution < -0.4 is 5.73 Å². The number of anilines is 1. The van der Waals surface area contributed by atoms with Crippen molar-refractivity contribution in [1.29, 1.82) is 0 Å². The van der Waals surface area contributed by atoms with E-state index in [0.717, 1.165) is 24.8 Å². The zero-order chi connectivity index (χ0) is 11.8. The summed E-state index contributed by atoms with van der Waals surface area (Å²) in [6.07, 6.45) is 4.38. The van der Waals surface area contributed by atoms with Gasteiger partial charge in [-0.05, 0) is 42.9 Å². The van der Waals surface area contributed by atoms with Gasteiger partial charge in [-0.15, -0.1) is 0 Å². The molecule has 1 aliphatic rings. The number of hydrogen-bond acceptors (Lipinski definition) is 4. The minimum absolute atomic E-state index is 0.238. The smallest absolute Gasteiger partial charge is 0.173 e. The van der Waals surface area contributed by atoms with Crippen LogP contribution in [0.3, 0.4) is 0 Å². The number of nitrogens with two attached hydrogens (primary N) is 1. The van der Waals surface area contributed by atoms with Gasteiger partial charge in [0.2, 0.25) is 0 Å². The van der Waals surface area contributed by atoms with Crippen molar-refractivity contribution >= 4 is 5.82 Å². The van der Waals surface area contributed by atoms with E-state index < -0.39 is 0 Å². The van der Waals surface area contributed by atoms with Crippen LogP contribution >= 0.6 is 0 Å². The molecule has 17 heavy (non-hydrogen) atoms. The van der Waals surface area contributed by atoms with Crippen LogP contribution in [-0.4, -0.2) is 10.3 Å². The summed E-state index contributed by atoms with van der Waals surface area (Å²) in [5.41, 5.74) is 8.78. The highest BCUT2D eigenvalue weighted by molar-refractivity contribution is 5.72. The monoisotopic (exact) mass is 230 g/mol. The van der Waals surface area contributed by atoms with Gasteiger partial charge in [-0.2, -0.15) is 0 Å². The van der Waals surface area contributed by atoms with Crippen LogP contribution in [0.2, 0.25) is 0 Å². The van der Waals surface area contributed by atoms with Crippen molar-refractivity contribution in [2.75, 3.05) is 5.73 Å². The zero-order valence-electron chi connectivity index (χ0n) is 9.44. The molecule has 0 saturated carbocycles. The number of nitrogens with zero attached hydrogens (tertiary/aromatic N) is 1. The average Bonchev–Trinajstić information content (AvgIpc) is 2.75. The Bertz CT molecular complexity index is 561. The van der Waals surface area contributed by atoms with E-state index >= 15 is 0 Å². The van der Waals surface area contributed by atoms with Gasteiger partial charge >= 0.3 is 0 Å². The topological polar surface area (TPSA) is 72.3 Å². The number of aryl methyl sites for hydroxylation is 1. The number of phenols is 1. The van der Waals surface area contributed by atoms with E-state index in [1.807, 2.05) is 6.07 Å². The van der Waals surface area contributed by atoms with E-state index in [9.17, 15) is 5.11 Å². The molecule has 88 valence electrons. The second-order valence-corrected chi connectivity index (χ2v) is 4.42. The molecule has 0 amide bonds. The fourth-order valence-electron chi connectivity index (χ4n) is 2.50. The second-order valence-electron chi connectivity index (χ2n) is 4.42. The van der Waals surface area contributed by atoms with Crippen LogP contribution in [0.4, 0.5) is 5.82 Å². The standard InChI is InChI=1S/C13H14N2O2/c14-12-7-11(17-15-12)13-9-4-2-1-3-8(9)5-6-10(13)16/h5-7,16H,1-4H2,(H2,14,15).